The minimum absolute atomic E-state index is 0.0434. The lowest BCUT2D eigenvalue weighted by Gasteiger charge is -2.41. The summed E-state index contributed by atoms with van der Waals surface area (Å²) >= 11 is 0. The van der Waals surface area contributed by atoms with Crippen LogP contribution in [0.25, 0.3) is 11.3 Å². The van der Waals surface area contributed by atoms with E-state index in [0.29, 0.717) is 23.8 Å². The van der Waals surface area contributed by atoms with E-state index in [0.717, 1.165) is 35.4 Å². The first-order valence-corrected chi connectivity index (χ1v) is 11.8. The maximum Gasteiger partial charge on any atom is 0.260 e. The fraction of sp³-hybridized carbons (Fsp3) is 0.480. The summed E-state index contributed by atoms with van der Waals surface area (Å²) in [6.07, 6.45) is 8.12. The second kappa shape index (κ2) is 7.33. The van der Waals surface area contributed by atoms with E-state index in [1.807, 2.05) is 38.4 Å². The van der Waals surface area contributed by atoms with Gasteiger partial charge in [0.05, 0.1) is 17.9 Å². The van der Waals surface area contributed by atoms with Gasteiger partial charge in [-0.05, 0) is 45.7 Å². The fourth-order valence-electron chi connectivity index (χ4n) is 5.53. The van der Waals surface area contributed by atoms with Gasteiger partial charge in [0.15, 0.2) is 5.82 Å². The van der Waals surface area contributed by atoms with Crippen LogP contribution >= 0.6 is 0 Å². The number of aromatic nitrogens is 5. The van der Waals surface area contributed by atoms with Crippen LogP contribution in [0.2, 0.25) is 0 Å². The summed E-state index contributed by atoms with van der Waals surface area (Å²) in [5.74, 6) is 0.915. The van der Waals surface area contributed by atoms with Gasteiger partial charge in [-0.2, -0.15) is 5.10 Å². The maximum absolute atomic E-state index is 13.2. The van der Waals surface area contributed by atoms with Gasteiger partial charge in [0, 0.05) is 66.1 Å². The highest BCUT2D eigenvalue weighted by Crippen LogP contribution is 2.46. The van der Waals surface area contributed by atoms with E-state index in [-0.39, 0.29) is 23.1 Å². The van der Waals surface area contributed by atoms with Gasteiger partial charge in [0.2, 0.25) is 5.88 Å². The van der Waals surface area contributed by atoms with Gasteiger partial charge >= 0.3 is 0 Å². The highest BCUT2D eigenvalue weighted by Gasteiger charge is 2.51. The number of hydrogen-bond acceptors (Lipinski definition) is 7. The maximum atomic E-state index is 13.2. The predicted molar refractivity (Wildman–Crippen MR) is 127 cm³/mol. The van der Waals surface area contributed by atoms with Crippen LogP contribution in [0.15, 0.2) is 30.6 Å². The Morgan fingerprint density at radius 2 is 1.97 bits per heavy atom. The summed E-state index contributed by atoms with van der Waals surface area (Å²) in [5, 5.41) is 16.8. The summed E-state index contributed by atoms with van der Waals surface area (Å²) in [6.45, 7) is 6.81. The van der Waals surface area contributed by atoms with Gasteiger partial charge in [-0.25, -0.2) is 0 Å². The molecule has 34 heavy (non-hydrogen) atoms. The average molecular weight is 460 g/mol. The number of nitrogens with one attached hydrogen (secondary N) is 1. The van der Waals surface area contributed by atoms with Crippen molar-refractivity contribution < 1.29 is 9.53 Å². The number of aryl methyl sites for hydroxylation is 2. The van der Waals surface area contributed by atoms with Crippen LogP contribution in [0.4, 0.5) is 5.82 Å². The average Bonchev–Trinajstić information content (AvgIpc) is 3.28. The number of carbonyl (C=O) groups is 1. The molecule has 0 bridgehead atoms. The molecule has 2 aliphatic heterocycles. The van der Waals surface area contributed by atoms with E-state index >= 15 is 0 Å². The number of piperidine rings is 1. The topological polar surface area (TPSA) is 98.1 Å². The molecule has 176 valence electrons. The number of anilines is 1. The zero-order valence-corrected chi connectivity index (χ0v) is 20.0. The number of fused-ring (bicyclic) bond motifs is 1. The third-order valence-corrected chi connectivity index (χ3v) is 7.08. The first-order chi connectivity index (χ1) is 16.2. The van der Waals surface area contributed by atoms with Crippen molar-refractivity contribution in [1.29, 1.82) is 0 Å². The molecule has 9 nitrogen and oxygen atoms in total. The van der Waals surface area contributed by atoms with E-state index in [1.165, 1.54) is 12.8 Å². The summed E-state index contributed by atoms with van der Waals surface area (Å²) < 4.78 is 7.97. The molecule has 3 aliphatic rings. The lowest BCUT2D eigenvalue weighted by atomic mass is 9.85. The standard InChI is InChI=1S/C25H29N7O2/c1-15-19(14-31(4)29-15)20-9-18-16(12-26-20)13-32(23(18)33)21-5-6-22(28-27-21)34-17-10-24(2,3)30-25(11-17)7-8-25/h5-6,9,12,14,17,30H,7-8,10-11,13H2,1-4H3. The number of rotatable bonds is 4. The van der Waals surface area contributed by atoms with Crippen molar-refractivity contribution in [3.05, 3.63) is 47.4 Å². The Kier molecular flexibility index (Phi) is 4.58. The van der Waals surface area contributed by atoms with E-state index in [1.54, 1.807) is 15.8 Å². The van der Waals surface area contributed by atoms with Crippen LogP contribution in [-0.4, -0.2) is 48.1 Å². The van der Waals surface area contributed by atoms with Crippen molar-refractivity contribution >= 4 is 11.7 Å². The van der Waals surface area contributed by atoms with E-state index < -0.39 is 0 Å². The van der Waals surface area contributed by atoms with Gasteiger partial charge in [-0.3, -0.25) is 19.4 Å². The van der Waals surface area contributed by atoms with Crippen molar-refractivity contribution in [2.75, 3.05) is 4.90 Å². The van der Waals surface area contributed by atoms with Gasteiger partial charge < -0.3 is 10.1 Å². The molecule has 1 saturated carbocycles. The second-order valence-electron chi connectivity index (χ2n) is 10.6. The molecule has 3 aromatic rings. The van der Waals surface area contributed by atoms with Crippen LogP contribution in [0.1, 0.15) is 61.1 Å². The Morgan fingerprint density at radius 3 is 2.65 bits per heavy atom. The third kappa shape index (κ3) is 3.73. The van der Waals surface area contributed by atoms with Gasteiger partial charge in [-0.15, -0.1) is 10.2 Å². The number of carbonyl (C=O) groups excluding carboxylic acids is 1. The highest BCUT2D eigenvalue weighted by atomic mass is 16.5. The largest absolute Gasteiger partial charge is 0.473 e. The van der Waals surface area contributed by atoms with Gasteiger partial charge in [0.1, 0.15) is 6.10 Å². The molecule has 1 aliphatic carbocycles. The minimum Gasteiger partial charge on any atom is -0.473 e. The molecule has 1 unspecified atom stereocenters. The Hall–Kier alpha value is -3.33. The molecule has 1 amide bonds. The van der Waals surface area contributed by atoms with Crippen molar-refractivity contribution in [1.82, 2.24) is 30.3 Å². The third-order valence-electron chi connectivity index (χ3n) is 7.08. The molecule has 9 heteroatoms. The molecule has 3 aromatic heterocycles. The number of nitrogens with zero attached hydrogens (tertiary/aromatic N) is 6. The molecule has 1 saturated heterocycles. The Bertz CT molecular complexity index is 1270. The van der Waals surface area contributed by atoms with Gasteiger partial charge in [0.25, 0.3) is 5.91 Å². The molecule has 2 fully saturated rings. The summed E-state index contributed by atoms with van der Waals surface area (Å²) in [6, 6.07) is 5.47. The Morgan fingerprint density at radius 1 is 1.15 bits per heavy atom. The molecular formula is C25H29N7O2. The number of amides is 1. The zero-order chi connectivity index (χ0) is 23.7. The van der Waals surface area contributed by atoms with Crippen LogP contribution in [0.3, 0.4) is 0 Å². The minimum atomic E-state index is -0.0982. The molecule has 1 spiro atoms. The predicted octanol–water partition coefficient (Wildman–Crippen LogP) is 3.18. The SMILES string of the molecule is Cc1nn(C)cc1-c1cc2c(cn1)CN(c1ccc(OC3CC(C)(C)NC4(CC4)C3)nn1)C2=O. The molecule has 1 atom stereocenters. The number of pyridine rings is 1. The van der Waals surface area contributed by atoms with Crippen molar-refractivity contribution in [2.24, 2.45) is 7.05 Å². The van der Waals surface area contributed by atoms with Crippen molar-refractivity contribution in [3.63, 3.8) is 0 Å². The second-order valence-corrected chi connectivity index (χ2v) is 10.6. The Balaban J connectivity index is 1.18. The van der Waals surface area contributed by atoms with E-state index in [2.05, 4.69) is 39.4 Å². The number of hydrogen-bond donors (Lipinski definition) is 1. The molecule has 1 N–H and O–H groups in total. The first-order valence-electron chi connectivity index (χ1n) is 11.8. The van der Waals surface area contributed by atoms with Crippen molar-refractivity contribution in [2.45, 2.75) is 70.2 Å². The zero-order valence-electron chi connectivity index (χ0n) is 20.0. The quantitative estimate of drug-likeness (QED) is 0.640. The highest BCUT2D eigenvalue weighted by molar-refractivity contribution is 6.09. The molecule has 0 radical (unpaired) electrons. The van der Waals surface area contributed by atoms with Crippen LogP contribution in [0.5, 0.6) is 5.88 Å². The Labute approximate surface area is 198 Å². The van der Waals surface area contributed by atoms with E-state index in [4.69, 9.17) is 4.74 Å². The summed E-state index contributed by atoms with van der Waals surface area (Å²) in [7, 11) is 1.87. The monoisotopic (exact) mass is 459 g/mol. The van der Waals surface area contributed by atoms with Crippen LogP contribution in [-0.2, 0) is 13.6 Å². The normalized spacial score (nSPS) is 22.2. The summed E-state index contributed by atoms with van der Waals surface area (Å²) in [4.78, 5) is 19.4. The van der Waals surface area contributed by atoms with E-state index in [9.17, 15) is 4.79 Å². The smallest absolute Gasteiger partial charge is 0.260 e. The van der Waals surface area contributed by atoms with Crippen LogP contribution in [0, 0.1) is 6.92 Å². The molecule has 0 aromatic carbocycles. The van der Waals surface area contributed by atoms with Crippen LogP contribution < -0.4 is 15.0 Å². The van der Waals surface area contributed by atoms with Gasteiger partial charge in [-0.1, -0.05) is 0 Å². The lowest BCUT2D eigenvalue weighted by Crippen LogP contribution is -2.56. The van der Waals surface area contributed by atoms with Crippen molar-refractivity contribution in [3.8, 4) is 17.1 Å². The lowest BCUT2D eigenvalue weighted by molar-refractivity contribution is 0.0736. The molecule has 5 heterocycles. The molecule has 6 rings (SSSR count). The molecular weight excluding hydrogens is 430 g/mol. The fourth-order valence-corrected chi connectivity index (χ4v) is 5.53. The number of ether oxygens (including phenoxy) is 1. The first kappa shape index (κ1) is 21.2. The summed E-state index contributed by atoms with van der Waals surface area (Å²) in [5.41, 5.74) is 4.34.